The number of ether oxygens (including phenoxy) is 2. The second-order valence-electron chi connectivity index (χ2n) is 8.54. The van der Waals surface area contributed by atoms with Gasteiger partial charge in [0.25, 0.3) is 0 Å². The molecule has 5 nitrogen and oxygen atoms in total. The maximum Gasteiger partial charge on any atom is 0.333 e. The quantitative estimate of drug-likeness (QED) is 0.535. The molecule has 3 rings (SSSR count). The fourth-order valence-corrected chi connectivity index (χ4v) is 3.91. The summed E-state index contributed by atoms with van der Waals surface area (Å²) in [7, 11) is 0. The molecule has 0 saturated carbocycles. The monoisotopic (exact) mass is 437 g/mol. The Morgan fingerprint density at radius 2 is 1.81 bits per heavy atom. The summed E-state index contributed by atoms with van der Waals surface area (Å²) in [5.41, 5.74) is 5.07. The fraction of sp³-hybridized carbons (Fsp3) is 0.444. The van der Waals surface area contributed by atoms with Gasteiger partial charge in [0.1, 0.15) is 12.4 Å². The van der Waals surface area contributed by atoms with Crippen LogP contribution >= 0.6 is 0 Å². The number of nitrogens with zero attached hydrogens (tertiary/aromatic N) is 1. The van der Waals surface area contributed by atoms with Crippen LogP contribution in [0.4, 0.5) is 0 Å². The summed E-state index contributed by atoms with van der Waals surface area (Å²) in [5.74, 6) is 0.432. The van der Waals surface area contributed by atoms with Crippen molar-refractivity contribution in [2.75, 3.05) is 32.8 Å². The van der Waals surface area contributed by atoms with Gasteiger partial charge in [0.2, 0.25) is 0 Å². The molecule has 1 heterocycles. The smallest absolute Gasteiger partial charge is 0.333 e. The van der Waals surface area contributed by atoms with E-state index in [1.807, 2.05) is 24.3 Å². The van der Waals surface area contributed by atoms with Crippen LogP contribution in [0.3, 0.4) is 0 Å². The average molecular weight is 438 g/mol. The number of hydrogen-bond donors (Lipinski definition) is 1. The number of carboxylic acid groups (broad SMARTS) is 1. The van der Waals surface area contributed by atoms with Crippen molar-refractivity contribution in [2.45, 2.75) is 45.6 Å². The Labute approximate surface area is 191 Å². The Morgan fingerprint density at radius 3 is 2.38 bits per heavy atom. The standard InChI is InChI=1S/C27H35NO4/c1-4-31-26(27(29)30)19-21-5-11-25(12-6-21)32-18-17-28-15-13-24(14-16-28)23-9-7-22(8-10-23)20(2)3/h5-13,20,26H,4,14-19H2,1-3H3,(H,29,30). The van der Waals surface area contributed by atoms with E-state index in [9.17, 15) is 9.90 Å². The molecule has 2 aromatic rings. The number of aliphatic carboxylic acids is 1. The van der Waals surface area contributed by atoms with Gasteiger partial charge in [-0.3, -0.25) is 4.90 Å². The minimum absolute atomic E-state index is 0.353. The lowest BCUT2D eigenvalue weighted by atomic mass is 9.96. The lowest BCUT2D eigenvalue weighted by Gasteiger charge is -2.26. The highest BCUT2D eigenvalue weighted by atomic mass is 16.5. The second-order valence-corrected chi connectivity index (χ2v) is 8.54. The molecular weight excluding hydrogens is 402 g/mol. The summed E-state index contributed by atoms with van der Waals surface area (Å²) in [6.45, 7) is 10.1. The van der Waals surface area contributed by atoms with Crippen molar-refractivity contribution in [1.29, 1.82) is 0 Å². The van der Waals surface area contributed by atoms with E-state index in [1.54, 1.807) is 6.92 Å². The number of benzene rings is 2. The van der Waals surface area contributed by atoms with Crippen molar-refractivity contribution in [3.8, 4) is 5.75 Å². The van der Waals surface area contributed by atoms with Crippen LogP contribution in [0.1, 0.15) is 49.8 Å². The highest BCUT2D eigenvalue weighted by molar-refractivity contribution is 5.72. The van der Waals surface area contributed by atoms with Crippen LogP contribution in [0.2, 0.25) is 0 Å². The highest BCUT2D eigenvalue weighted by Gasteiger charge is 2.18. The molecule has 5 heteroatoms. The number of hydrogen-bond acceptors (Lipinski definition) is 4. The SMILES string of the molecule is CCOC(Cc1ccc(OCCN2CC=C(c3ccc(C(C)C)cc3)CC2)cc1)C(=O)O. The first-order valence-electron chi connectivity index (χ1n) is 11.5. The third kappa shape index (κ3) is 6.94. The molecule has 0 radical (unpaired) electrons. The Hall–Kier alpha value is -2.63. The number of carboxylic acids is 1. The molecule has 0 spiro atoms. The first-order chi connectivity index (χ1) is 15.5. The van der Waals surface area contributed by atoms with E-state index in [0.717, 1.165) is 37.4 Å². The third-order valence-corrected chi connectivity index (χ3v) is 5.91. The maximum atomic E-state index is 11.2. The second kappa shape index (κ2) is 11.8. The first-order valence-corrected chi connectivity index (χ1v) is 11.5. The van der Waals surface area contributed by atoms with Crippen LogP contribution in [-0.4, -0.2) is 54.9 Å². The minimum Gasteiger partial charge on any atom is -0.492 e. The van der Waals surface area contributed by atoms with Crippen molar-refractivity contribution in [1.82, 2.24) is 4.90 Å². The van der Waals surface area contributed by atoms with Gasteiger partial charge in [-0.25, -0.2) is 4.79 Å². The first kappa shape index (κ1) is 24.0. The molecule has 0 amide bonds. The van der Waals surface area contributed by atoms with E-state index in [1.165, 1.54) is 16.7 Å². The molecule has 172 valence electrons. The van der Waals surface area contributed by atoms with Crippen LogP contribution in [0.5, 0.6) is 5.75 Å². The van der Waals surface area contributed by atoms with Gasteiger partial charge in [0, 0.05) is 32.7 Å². The summed E-state index contributed by atoms with van der Waals surface area (Å²) in [5, 5.41) is 9.21. The zero-order chi connectivity index (χ0) is 22.9. The van der Waals surface area contributed by atoms with E-state index in [-0.39, 0.29) is 0 Å². The normalized spacial score (nSPS) is 15.4. The minimum atomic E-state index is -0.932. The van der Waals surface area contributed by atoms with Crippen LogP contribution in [-0.2, 0) is 16.0 Å². The van der Waals surface area contributed by atoms with E-state index in [4.69, 9.17) is 9.47 Å². The van der Waals surface area contributed by atoms with E-state index in [0.29, 0.717) is 25.6 Å². The summed E-state index contributed by atoms with van der Waals surface area (Å²) in [6.07, 6.45) is 2.93. The van der Waals surface area contributed by atoms with Gasteiger partial charge in [0.15, 0.2) is 6.10 Å². The largest absolute Gasteiger partial charge is 0.492 e. The summed E-state index contributed by atoms with van der Waals surface area (Å²) < 4.78 is 11.2. The molecule has 32 heavy (non-hydrogen) atoms. The summed E-state index contributed by atoms with van der Waals surface area (Å²) >= 11 is 0. The predicted molar refractivity (Wildman–Crippen MR) is 128 cm³/mol. The Bertz CT molecular complexity index is 887. The van der Waals surface area contributed by atoms with Gasteiger partial charge in [-0.15, -0.1) is 0 Å². The molecule has 2 aromatic carbocycles. The summed E-state index contributed by atoms with van der Waals surface area (Å²) in [4.78, 5) is 13.6. The van der Waals surface area contributed by atoms with E-state index in [2.05, 4.69) is 49.1 Å². The molecule has 1 unspecified atom stereocenters. The van der Waals surface area contributed by atoms with Gasteiger partial charge in [-0.05, 0) is 53.7 Å². The third-order valence-electron chi connectivity index (χ3n) is 5.91. The van der Waals surface area contributed by atoms with Gasteiger partial charge in [0.05, 0.1) is 0 Å². The van der Waals surface area contributed by atoms with Crippen molar-refractivity contribution < 1.29 is 19.4 Å². The van der Waals surface area contributed by atoms with Gasteiger partial charge in [-0.2, -0.15) is 0 Å². The highest BCUT2D eigenvalue weighted by Crippen LogP contribution is 2.24. The molecule has 0 aliphatic carbocycles. The lowest BCUT2D eigenvalue weighted by Crippen LogP contribution is -2.32. The van der Waals surface area contributed by atoms with Crippen LogP contribution < -0.4 is 4.74 Å². The van der Waals surface area contributed by atoms with Crippen LogP contribution in [0, 0.1) is 0 Å². The Balaban J connectivity index is 1.43. The predicted octanol–water partition coefficient (Wildman–Crippen LogP) is 5.01. The van der Waals surface area contributed by atoms with Crippen LogP contribution in [0.25, 0.3) is 5.57 Å². The average Bonchev–Trinajstić information content (AvgIpc) is 2.80. The molecular formula is C27H35NO4. The van der Waals surface area contributed by atoms with Crippen molar-refractivity contribution >= 4 is 11.5 Å². The number of rotatable bonds is 11. The molecule has 1 aliphatic rings. The van der Waals surface area contributed by atoms with Gasteiger partial charge in [-0.1, -0.05) is 56.3 Å². The molecule has 0 bridgehead atoms. The fourth-order valence-electron chi connectivity index (χ4n) is 3.91. The molecule has 0 saturated heterocycles. The zero-order valence-electron chi connectivity index (χ0n) is 19.4. The zero-order valence-corrected chi connectivity index (χ0v) is 19.4. The summed E-state index contributed by atoms with van der Waals surface area (Å²) in [6, 6.07) is 16.6. The maximum absolute atomic E-state index is 11.2. The van der Waals surface area contributed by atoms with Crippen LogP contribution in [0.15, 0.2) is 54.6 Å². The molecule has 1 atom stereocenters. The van der Waals surface area contributed by atoms with Gasteiger partial charge >= 0.3 is 5.97 Å². The van der Waals surface area contributed by atoms with Gasteiger partial charge < -0.3 is 14.6 Å². The van der Waals surface area contributed by atoms with Crippen molar-refractivity contribution in [3.05, 3.63) is 71.3 Å². The lowest BCUT2D eigenvalue weighted by molar-refractivity contribution is -0.149. The molecule has 0 fully saturated rings. The number of carbonyl (C=O) groups is 1. The van der Waals surface area contributed by atoms with Crippen molar-refractivity contribution in [2.24, 2.45) is 0 Å². The Morgan fingerprint density at radius 1 is 1.09 bits per heavy atom. The van der Waals surface area contributed by atoms with E-state index < -0.39 is 12.1 Å². The Kier molecular flexibility index (Phi) is 8.89. The van der Waals surface area contributed by atoms with E-state index >= 15 is 0 Å². The van der Waals surface area contributed by atoms with Crippen molar-refractivity contribution in [3.63, 3.8) is 0 Å². The molecule has 1 aliphatic heterocycles. The molecule has 1 N–H and O–H groups in total. The topological polar surface area (TPSA) is 59.0 Å². The molecule has 0 aromatic heterocycles.